The van der Waals surface area contributed by atoms with Crippen LogP contribution in [-0.2, 0) is 4.79 Å². The van der Waals surface area contributed by atoms with E-state index < -0.39 is 6.10 Å². The first-order chi connectivity index (χ1) is 11.6. The van der Waals surface area contributed by atoms with Gasteiger partial charge in [0, 0.05) is 11.6 Å². The number of benzene rings is 1. The maximum absolute atomic E-state index is 12.3. The van der Waals surface area contributed by atoms with E-state index in [-0.39, 0.29) is 5.91 Å². The summed E-state index contributed by atoms with van der Waals surface area (Å²) in [5.74, 6) is 0.435. The Kier molecular flexibility index (Phi) is 4.86. The molecule has 1 aromatic carbocycles. The lowest BCUT2D eigenvalue weighted by atomic mass is 10.2. The fourth-order valence-electron chi connectivity index (χ4n) is 2.12. The molecule has 6 heteroatoms. The van der Waals surface area contributed by atoms with E-state index in [4.69, 9.17) is 4.74 Å². The van der Waals surface area contributed by atoms with Crippen LogP contribution >= 0.6 is 11.3 Å². The van der Waals surface area contributed by atoms with Gasteiger partial charge in [0.2, 0.25) is 0 Å². The number of carbonyl (C=O) groups excluding carboxylic acids is 1. The zero-order valence-electron chi connectivity index (χ0n) is 13.4. The smallest absolute Gasteiger partial charge is 0.266 e. The number of pyridine rings is 1. The van der Waals surface area contributed by atoms with Gasteiger partial charge in [-0.2, -0.15) is 0 Å². The van der Waals surface area contributed by atoms with Gasteiger partial charge >= 0.3 is 0 Å². The zero-order valence-corrected chi connectivity index (χ0v) is 14.2. The lowest BCUT2D eigenvalue weighted by Gasteiger charge is -2.14. The number of nitrogens with one attached hydrogen (secondary N) is 1. The van der Waals surface area contributed by atoms with Crippen LogP contribution < -0.4 is 10.1 Å². The van der Waals surface area contributed by atoms with Crippen molar-refractivity contribution < 1.29 is 9.53 Å². The van der Waals surface area contributed by atoms with Gasteiger partial charge in [-0.1, -0.05) is 18.2 Å². The third-order valence-corrected chi connectivity index (χ3v) is 4.09. The number of carbonyl (C=O) groups is 1. The number of nitrogens with zero attached hydrogens (tertiary/aromatic N) is 2. The lowest BCUT2D eigenvalue weighted by Crippen LogP contribution is -2.30. The average Bonchev–Trinajstić information content (AvgIpc) is 3.04. The molecule has 1 atom stereocenters. The lowest BCUT2D eigenvalue weighted by molar-refractivity contribution is -0.122. The number of hydrogen-bond donors (Lipinski definition) is 1. The molecule has 1 amide bonds. The molecule has 0 unspecified atom stereocenters. The Hall–Kier alpha value is -2.73. The Bertz CT molecular complexity index is 833. The molecule has 0 radical (unpaired) electrons. The largest absolute Gasteiger partial charge is 0.481 e. The number of aryl methyl sites for hydroxylation is 1. The highest BCUT2D eigenvalue weighted by Gasteiger charge is 2.17. The highest BCUT2D eigenvalue weighted by molar-refractivity contribution is 7.14. The molecule has 0 saturated carbocycles. The van der Waals surface area contributed by atoms with Crippen LogP contribution in [0.3, 0.4) is 0 Å². The van der Waals surface area contributed by atoms with E-state index in [0.717, 1.165) is 17.0 Å². The Labute approximate surface area is 144 Å². The quantitative estimate of drug-likeness (QED) is 0.765. The topological polar surface area (TPSA) is 64.1 Å². The van der Waals surface area contributed by atoms with Crippen LogP contribution in [0.4, 0.5) is 5.13 Å². The van der Waals surface area contributed by atoms with Crippen molar-refractivity contribution in [1.29, 1.82) is 0 Å². The summed E-state index contributed by atoms with van der Waals surface area (Å²) in [4.78, 5) is 20.9. The van der Waals surface area contributed by atoms with Crippen molar-refractivity contribution in [1.82, 2.24) is 9.97 Å². The monoisotopic (exact) mass is 339 g/mol. The van der Waals surface area contributed by atoms with Gasteiger partial charge < -0.3 is 4.74 Å². The van der Waals surface area contributed by atoms with Crippen molar-refractivity contribution >= 4 is 22.4 Å². The van der Waals surface area contributed by atoms with E-state index in [0.29, 0.717) is 10.9 Å². The third kappa shape index (κ3) is 3.97. The fraction of sp³-hybridized carbons (Fsp3) is 0.167. The first-order valence-electron chi connectivity index (χ1n) is 7.53. The van der Waals surface area contributed by atoms with E-state index in [1.807, 2.05) is 54.8 Å². The number of ether oxygens (including phenoxy) is 1. The minimum absolute atomic E-state index is 0.238. The van der Waals surface area contributed by atoms with Crippen LogP contribution in [0.1, 0.15) is 12.5 Å². The van der Waals surface area contributed by atoms with Gasteiger partial charge in [-0.25, -0.2) is 4.98 Å². The molecule has 2 heterocycles. The van der Waals surface area contributed by atoms with Crippen LogP contribution in [0.5, 0.6) is 5.75 Å². The van der Waals surface area contributed by atoms with Gasteiger partial charge in [-0.15, -0.1) is 11.3 Å². The SMILES string of the molecule is Cc1cccc(O[C@@H](C)C(=O)Nc2nc(-c3ccccn3)cs2)c1. The number of thiazole rings is 1. The summed E-state index contributed by atoms with van der Waals surface area (Å²) in [6, 6.07) is 13.2. The molecule has 122 valence electrons. The summed E-state index contributed by atoms with van der Waals surface area (Å²) in [5, 5.41) is 5.18. The molecule has 3 aromatic rings. The minimum atomic E-state index is -0.617. The Morgan fingerprint density at radius 2 is 2.08 bits per heavy atom. The van der Waals surface area contributed by atoms with Crippen molar-refractivity contribution in [3.63, 3.8) is 0 Å². The zero-order chi connectivity index (χ0) is 16.9. The Balaban J connectivity index is 1.63. The molecular weight excluding hydrogens is 322 g/mol. The second kappa shape index (κ2) is 7.23. The molecule has 2 aromatic heterocycles. The summed E-state index contributed by atoms with van der Waals surface area (Å²) in [6.07, 6.45) is 1.10. The first kappa shape index (κ1) is 16.1. The van der Waals surface area contributed by atoms with E-state index in [1.54, 1.807) is 13.1 Å². The highest BCUT2D eigenvalue weighted by Crippen LogP contribution is 2.23. The fourth-order valence-corrected chi connectivity index (χ4v) is 2.82. The average molecular weight is 339 g/mol. The molecule has 0 spiro atoms. The van der Waals surface area contributed by atoms with Crippen molar-refractivity contribution in [3.05, 3.63) is 59.6 Å². The molecule has 0 aliphatic rings. The second-order valence-electron chi connectivity index (χ2n) is 5.32. The van der Waals surface area contributed by atoms with Crippen molar-refractivity contribution in [3.8, 4) is 17.1 Å². The summed E-state index contributed by atoms with van der Waals surface area (Å²) >= 11 is 1.36. The molecule has 0 bridgehead atoms. The van der Waals surface area contributed by atoms with Crippen LogP contribution in [0.2, 0.25) is 0 Å². The summed E-state index contributed by atoms with van der Waals surface area (Å²) < 4.78 is 5.67. The highest BCUT2D eigenvalue weighted by atomic mass is 32.1. The van der Waals surface area contributed by atoms with Gasteiger partial charge in [0.05, 0.1) is 5.69 Å². The van der Waals surface area contributed by atoms with Crippen LogP contribution in [0, 0.1) is 6.92 Å². The van der Waals surface area contributed by atoms with Crippen molar-refractivity contribution in [2.45, 2.75) is 20.0 Å². The van der Waals surface area contributed by atoms with Gasteiger partial charge in [-0.3, -0.25) is 15.1 Å². The van der Waals surface area contributed by atoms with Gasteiger partial charge in [0.15, 0.2) is 11.2 Å². The molecule has 1 N–H and O–H groups in total. The van der Waals surface area contributed by atoms with Gasteiger partial charge in [0.1, 0.15) is 11.4 Å². The Morgan fingerprint density at radius 1 is 1.21 bits per heavy atom. The predicted octanol–water partition coefficient (Wildman–Crippen LogP) is 3.92. The molecule has 5 nitrogen and oxygen atoms in total. The second-order valence-corrected chi connectivity index (χ2v) is 6.18. The first-order valence-corrected chi connectivity index (χ1v) is 8.41. The van der Waals surface area contributed by atoms with E-state index in [9.17, 15) is 4.79 Å². The summed E-state index contributed by atoms with van der Waals surface area (Å²) in [5.41, 5.74) is 2.60. The van der Waals surface area contributed by atoms with Crippen LogP contribution in [0.25, 0.3) is 11.4 Å². The standard InChI is InChI=1S/C18H17N3O2S/c1-12-6-5-7-14(10-12)23-13(2)17(22)21-18-20-16(11-24-18)15-8-3-4-9-19-15/h3-11,13H,1-2H3,(H,20,21,22)/t13-/m0/s1. The van der Waals surface area contributed by atoms with Crippen LogP contribution in [-0.4, -0.2) is 22.0 Å². The van der Waals surface area contributed by atoms with E-state index in [1.165, 1.54) is 11.3 Å². The number of hydrogen-bond acceptors (Lipinski definition) is 5. The molecule has 3 rings (SSSR count). The van der Waals surface area contributed by atoms with E-state index in [2.05, 4.69) is 15.3 Å². The molecule has 0 fully saturated rings. The molecule has 24 heavy (non-hydrogen) atoms. The molecule has 0 aliphatic carbocycles. The Morgan fingerprint density at radius 3 is 2.83 bits per heavy atom. The van der Waals surface area contributed by atoms with Gasteiger partial charge in [-0.05, 0) is 43.7 Å². The molecule has 0 aliphatic heterocycles. The van der Waals surface area contributed by atoms with Crippen molar-refractivity contribution in [2.75, 3.05) is 5.32 Å². The van der Waals surface area contributed by atoms with Crippen molar-refractivity contribution in [2.24, 2.45) is 0 Å². The maximum Gasteiger partial charge on any atom is 0.266 e. The van der Waals surface area contributed by atoms with Crippen LogP contribution in [0.15, 0.2) is 54.0 Å². The predicted molar refractivity (Wildman–Crippen MR) is 95.2 cm³/mol. The minimum Gasteiger partial charge on any atom is -0.481 e. The number of anilines is 1. The number of aromatic nitrogens is 2. The molecular formula is C18H17N3O2S. The van der Waals surface area contributed by atoms with E-state index >= 15 is 0 Å². The maximum atomic E-state index is 12.3. The van der Waals surface area contributed by atoms with Gasteiger partial charge in [0.25, 0.3) is 5.91 Å². The number of rotatable bonds is 5. The number of amides is 1. The molecule has 0 saturated heterocycles. The summed E-state index contributed by atoms with van der Waals surface area (Å²) in [7, 11) is 0. The third-order valence-electron chi connectivity index (χ3n) is 3.33. The normalized spacial score (nSPS) is 11.8. The summed E-state index contributed by atoms with van der Waals surface area (Å²) in [6.45, 7) is 3.69.